The van der Waals surface area contributed by atoms with Crippen LogP contribution in [-0.4, -0.2) is 31.7 Å². The summed E-state index contributed by atoms with van der Waals surface area (Å²) in [6, 6.07) is 6.93. The molecule has 1 aromatic heterocycles. The Kier molecular flexibility index (Phi) is 6.31. The molecule has 1 heterocycles. The highest BCUT2D eigenvalue weighted by atomic mass is 32.2. The van der Waals surface area contributed by atoms with E-state index in [0.29, 0.717) is 17.2 Å². The number of Topliss-reactive ketones (excluding diaryl/α,β-unsaturated/α-hetero) is 1. The standard InChI is InChI=1S/C20H26N4O2S/c1-13(25)15-9-11-17(12-10-15)21-19(26)14(2)27-20-23-22-18(24(20)3)16-7-5-4-6-8-16/h9-12,14,16H,4-8H2,1-3H3,(H,21,26). The van der Waals surface area contributed by atoms with Crippen molar-refractivity contribution in [1.82, 2.24) is 14.8 Å². The number of nitrogens with zero attached hydrogens (tertiary/aromatic N) is 3. The molecule has 6 nitrogen and oxygen atoms in total. The van der Waals surface area contributed by atoms with E-state index in [1.165, 1.54) is 50.8 Å². The van der Waals surface area contributed by atoms with Gasteiger partial charge in [0.15, 0.2) is 10.9 Å². The molecule has 0 aliphatic heterocycles. The van der Waals surface area contributed by atoms with E-state index in [1.807, 2.05) is 18.5 Å². The Balaban J connectivity index is 1.61. The summed E-state index contributed by atoms with van der Waals surface area (Å²) in [5.41, 5.74) is 1.31. The Hall–Kier alpha value is -2.15. The van der Waals surface area contributed by atoms with E-state index >= 15 is 0 Å². The van der Waals surface area contributed by atoms with Crippen LogP contribution in [0.5, 0.6) is 0 Å². The number of carbonyl (C=O) groups is 2. The molecule has 1 unspecified atom stereocenters. The second-order valence-electron chi connectivity index (χ2n) is 7.12. The number of anilines is 1. The summed E-state index contributed by atoms with van der Waals surface area (Å²) in [6.45, 7) is 3.38. The van der Waals surface area contributed by atoms with E-state index < -0.39 is 0 Å². The van der Waals surface area contributed by atoms with Crippen molar-refractivity contribution in [2.45, 2.75) is 62.3 Å². The number of nitrogens with one attached hydrogen (secondary N) is 1. The molecule has 7 heteroatoms. The first kappa shape index (κ1) is 19.6. The first-order valence-corrected chi connectivity index (χ1v) is 10.3. The van der Waals surface area contributed by atoms with Crippen molar-refractivity contribution in [3.8, 4) is 0 Å². The third-order valence-corrected chi connectivity index (χ3v) is 6.18. The van der Waals surface area contributed by atoms with Crippen molar-refractivity contribution in [2.24, 2.45) is 7.05 Å². The van der Waals surface area contributed by atoms with E-state index in [-0.39, 0.29) is 16.9 Å². The Morgan fingerprint density at radius 3 is 2.44 bits per heavy atom. The van der Waals surface area contributed by atoms with Gasteiger partial charge in [-0.25, -0.2) is 0 Å². The van der Waals surface area contributed by atoms with Crippen LogP contribution in [0, 0.1) is 0 Å². The number of aromatic nitrogens is 3. The zero-order valence-corrected chi connectivity index (χ0v) is 16.9. The van der Waals surface area contributed by atoms with Crippen molar-refractivity contribution in [3.63, 3.8) is 0 Å². The predicted molar refractivity (Wildman–Crippen MR) is 107 cm³/mol. The monoisotopic (exact) mass is 386 g/mol. The molecule has 1 aromatic carbocycles. The van der Waals surface area contributed by atoms with Crippen LogP contribution in [-0.2, 0) is 11.8 Å². The van der Waals surface area contributed by atoms with Gasteiger partial charge in [-0.15, -0.1) is 10.2 Å². The van der Waals surface area contributed by atoms with Gasteiger partial charge in [-0.1, -0.05) is 31.0 Å². The molecule has 1 N–H and O–H groups in total. The van der Waals surface area contributed by atoms with Crippen molar-refractivity contribution in [3.05, 3.63) is 35.7 Å². The summed E-state index contributed by atoms with van der Waals surface area (Å²) in [5, 5.41) is 12.1. The average molecular weight is 387 g/mol. The topological polar surface area (TPSA) is 76.9 Å². The van der Waals surface area contributed by atoms with Gasteiger partial charge in [0.1, 0.15) is 5.82 Å². The Labute approximate surface area is 164 Å². The minimum atomic E-state index is -0.306. The van der Waals surface area contributed by atoms with Gasteiger partial charge in [-0.05, 0) is 51.0 Å². The Bertz CT molecular complexity index is 810. The molecule has 27 heavy (non-hydrogen) atoms. The number of amides is 1. The number of benzene rings is 1. The Morgan fingerprint density at radius 2 is 1.81 bits per heavy atom. The van der Waals surface area contributed by atoms with Crippen molar-refractivity contribution in [2.75, 3.05) is 5.32 Å². The van der Waals surface area contributed by atoms with Gasteiger partial charge in [-0.3, -0.25) is 9.59 Å². The van der Waals surface area contributed by atoms with Crippen molar-refractivity contribution < 1.29 is 9.59 Å². The first-order chi connectivity index (χ1) is 13.0. The zero-order chi connectivity index (χ0) is 19.4. The molecule has 1 atom stereocenters. The van der Waals surface area contributed by atoms with Crippen LogP contribution in [0.25, 0.3) is 0 Å². The lowest BCUT2D eigenvalue weighted by molar-refractivity contribution is -0.115. The molecular formula is C20H26N4O2S. The molecule has 0 saturated heterocycles. The van der Waals surface area contributed by atoms with Crippen LogP contribution in [0.1, 0.15) is 68.1 Å². The second-order valence-corrected chi connectivity index (χ2v) is 8.43. The highest BCUT2D eigenvalue weighted by Gasteiger charge is 2.24. The molecule has 2 aromatic rings. The fraction of sp³-hybridized carbons (Fsp3) is 0.500. The number of thioether (sulfide) groups is 1. The summed E-state index contributed by atoms with van der Waals surface area (Å²) >= 11 is 1.41. The summed E-state index contributed by atoms with van der Waals surface area (Å²) in [7, 11) is 1.98. The van der Waals surface area contributed by atoms with Crippen molar-refractivity contribution >= 4 is 29.1 Å². The molecule has 0 spiro atoms. The normalized spacial score (nSPS) is 16.1. The summed E-state index contributed by atoms with van der Waals surface area (Å²) in [6.07, 6.45) is 6.15. The predicted octanol–water partition coefficient (Wildman–Crippen LogP) is 4.18. The van der Waals surface area contributed by atoms with Gasteiger partial charge in [-0.2, -0.15) is 0 Å². The zero-order valence-electron chi connectivity index (χ0n) is 16.1. The highest BCUT2D eigenvalue weighted by Crippen LogP contribution is 2.33. The quantitative estimate of drug-likeness (QED) is 0.595. The van der Waals surface area contributed by atoms with E-state index in [2.05, 4.69) is 15.5 Å². The molecule has 3 rings (SSSR count). The molecule has 1 fully saturated rings. The van der Waals surface area contributed by atoms with Crippen LogP contribution in [0.4, 0.5) is 5.69 Å². The molecule has 1 aliphatic rings. The number of carbonyl (C=O) groups excluding carboxylic acids is 2. The average Bonchev–Trinajstić information content (AvgIpc) is 3.03. The largest absolute Gasteiger partial charge is 0.325 e. The Morgan fingerprint density at radius 1 is 1.15 bits per heavy atom. The van der Waals surface area contributed by atoms with Gasteiger partial charge in [0.2, 0.25) is 5.91 Å². The maximum atomic E-state index is 12.5. The summed E-state index contributed by atoms with van der Waals surface area (Å²) in [5.74, 6) is 1.42. The summed E-state index contributed by atoms with van der Waals surface area (Å²) < 4.78 is 2.03. The fourth-order valence-electron chi connectivity index (χ4n) is 3.39. The van der Waals surface area contributed by atoms with E-state index in [9.17, 15) is 9.59 Å². The molecular weight excluding hydrogens is 360 g/mol. The second kappa shape index (κ2) is 8.69. The smallest absolute Gasteiger partial charge is 0.237 e. The molecule has 0 bridgehead atoms. The highest BCUT2D eigenvalue weighted by molar-refractivity contribution is 8.00. The molecule has 1 amide bonds. The minimum Gasteiger partial charge on any atom is -0.325 e. The van der Waals surface area contributed by atoms with Crippen molar-refractivity contribution in [1.29, 1.82) is 0 Å². The lowest BCUT2D eigenvalue weighted by Gasteiger charge is -2.20. The molecule has 0 radical (unpaired) electrons. The maximum Gasteiger partial charge on any atom is 0.237 e. The van der Waals surface area contributed by atoms with Crippen LogP contribution in [0.15, 0.2) is 29.4 Å². The van der Waals surface area contributed by atoms with Crippen LogP contribution in [0.3, 0.4) is 0 Å². The SMILES string of the molecule is CC(=O)c1ccc(NC(=O)C(C)Sc2nnc(C3CCCCC3)n2C)cc1. The van der Waals surface area contributed by atoms with Crippen LogP contribution >= 0.6 is 11.8 Å². The molecule has 1 aliphatic carbocycles. The van der Waals surface area contributed by atoms with Gasteiger partial charge in [0.05, 0.1) is 5.25 Å². The maximum absolute atomic E-state index is 12.5. The minimum absolute atomic E-state index is 0.00727. The van der Waals surface area contributed by atoms with Gasteiger partial charge in [0.25, 0.3) is 0 Å². The third kappa shape index (κ3) is 4.77. The molecule has 1 saturated carbocycles. The number of rotatable bonds is 6. The number of hydrogen-bond donors (Lipinski definition) is 1. The number of ketones is 1. The van der Waals surface area contributed by atoms with Gasteiger partial charge >= 0.3 is 0 Å². The van der Waals surface area contributed by atoms with E-state index in [4.69, 9.17) is 0 Å². The third-order valence-electron chi connectivity index (χ3n) is 5.05. The van der Waals surface area contributed by atoms with Crippen LogP contribution in [0.2, 0.25) is 0 Å². The van der Waals surface area contributed by atoms with Crippen LogP contribution < -0.4 is 5.32 Å². The fourth-order valence-corrected chi connectivity index (χ4v) is 4.21. The first-order valence-electron chi connectivity index (χ1n) is 9.43. The summed E-state index contributed by atoms with van der Waals surface area (Å²) in [4.78, 5) is 23.8. The lowest BCUT2D eigenvalue weighted by atomic mass is 9.89. The number of hydrogen-bond acceptors (Lipinski definition) is 5. The van der Waals surface area contributed by atoms with E-state index in [0.717, 1.165) is 11.0 Å². The lowest BCUT2D eigenvalue weighted by Crippen LogP contribution is -2.23. The molecule has 144 valence electrons. The van der Waals surface area contributed by atoms with Gasteiger partial charge < -0.3 is 9.88 Å². The van der Waals surface area contributed by atoms with Gasteiger partial charge in [0, 0.05) is 24.2 Å². The van der Waals surface area contributed by atoms with E-state index in [1.54, 1.807) is 24.3 Å².